The summed E-state index contributed by atoms with van der Waals surface area (Å²) in [5, 5.41) is 7.63. The number of hydrogen-bond acceptors (Lipinski definition) is 4. The van der Waals surface area contributed by atoms with Gasteiger partial charge in [-0.3, -0.25) is 4.79 Å². The lowest BCUT2D eigenvalue weighted by molar-refractivity contribution is 0.102. The highest BCUT2D eigenvalue weighted by molar-refractivity contribution is 7.89. The summed E-state index contributed by atoms with van der Waals surface area (Å²) in [6.07, 6.45) is 3.78. The van der Waals surface area contributed by atoms with Gasteiger partial charge in [-0.25, -0.2) is 17.8 Å². The molecule has 0 spiro atoms. The SMILES string of the molecule is CC(C)(C)c1cc(NC(=O)c2cccc(S(=O)(=O)NC3CCCC3)c2)n(C(C)(C)C)n1. The first-order chi connectivity index (χ1) is 14.3. The van der Waals surface area contributed by atoms with Crippen LogP contribution >= 0.6 is 0 Å². The molecule has 0 radical (unpaired) electrons. The van der Waals surface area contributed by atoms with Crippen molar-refractivity contribution in [3.05, 3.63) is 41.6 Å². The molecule has 1 aliphatic rings. The topological polar surface area (TPSA) is 93.1 Å². The van der Waals surface area contributed by atoms with Gasteiger partial charge in [0.1, 0.15) is 5.82 Å². The van der Waals surface area contributed by atoms with E-state index < -0.39 is 10.0 Å². The van der Waals surface area contributed by atoms with Gasteiger partial charge in [-0.15, -0.1) is 0 Å². The minimum absolute atomic E-state index is 0.0283. The Morgan fingerprint density at radius 1 is 1.06 bits per heavy atom. The van der Waals surface area contributed by atoms with Crippen molar-refractivity contribution in [3.8, 4) is 0 Å². The summed E-state index contributed by atoms with van der Waals surface area (Å²) in [7, 11) is -3.67. The highest BCUT2D eigenvalue weighted by Crippen LogP contribution is 2.28. The lowest BCUT2D eigenvalue weighted by Crippen LogP contribution is -2.32. The molecular formula is C23H34N4O3S. The molecule has 1 saturated carbocycles. The normalized spacial score (nSPS) is 15.9. The Balaban J connectivity index is 1.86. The van der Waals surface area contributed by atoms with E-state index in [1.165, 1.54) is 12.1 Å². The highest BCUT2D eigenvalue weighted by Gasteiger charge is 2.27. The molecule has 0 bridgehead atoms. The second kappa shape index (κ2) is 8.39. The van der Waals surface area contributed by atoms with Crippen LogP contribution in [0.4, 0.5) is 5.82 Å². The first-order valence-electron chi connectivity index (χ1n) is 10.8. The van der Waals surface area contributed by atoms with Crippen LogP contribution < -0.4 is 10.0 Å². The molecule has 1 aromatic carbocycles. The fourth-order valence-corrected chi connectivity index (χ4v) is 5.02. The quantitative estimate of drug-likeness (QED) is 0.711. The minimum Gasteiger partial charge on any atom is -0.307 e. The molecule has 0 atom stereocenters. The third-order valence-electron chi connectivity index (χ3n) is 5.44. The third kappa shape index (κ3) is 5.54. The molecule has 8 heteroatoms. The Labute approximate surface area is 185 Å². The molecule has 1 aliphatic carbocycles. The first-order valence-corrected chi connectivity index (χ1v) is 12.3. The number of amides is 1. The van der Waals surface area contributed by atoms with E-state index in [9.17, 15) is 13.2 Å². The molecule has 31 heavy (non-hydrogen) atoms. The molecule has 2 N–H and O–H groups in total. The van der Waals surface area contributed by atoms with Crippen LogP contribution in [0.3, 0.4) is 0 Å². The van der Waals surface area contributed by atoms with Crippen molar-refractivity contribution in [1.82, 2.24) is 14.5 Å². The molecular weight excluding hydrogens is 412 g/mol. The van der Waals surface area contributed by atoms with E-state index in [-0.39, 0.29) is 33.4 Å². The molecule has 170 valence electrons. The first kappa shape index (κ1) is 23.5. The number of aromatic nitrogens is 2. The minimum atomic E-state index is -3.67. The van der Waals surface area contributed by atoms with E-state index in [2.05, 4.69) is 30.8 Å². The van der Waals surface area contributed by atoms with Crippen LogP contribution in [0.5, 0.6) is 0 Å². The van der Waals surface area contributed by atoms with Crippen molar-refractivity contribution >= 4 is 21.7 Å². The molecule has 0 aliphatic heterocycles. The number of nitrogens with zero attached hydrogens (tertiary/aromatic N) is 2. The molecule has 0 saturated heterocycles. The Morgan fingerprint density at radius 2 is 1.71 bits per heavy atom. The molecule has 1 fully saturated rings. The van der Waals surface area contributed by atoms with Gasteiger partial charge in [0.2, 0.25) is 10.0 Å². The zero-order valence-corrected chi connectivity index (χ0v) is 20.1. The molecule has 1 heterocycles. The van der Waals surface area contributed by atoms with E-state index in [4.69, 9.17) is 5.10 Å². The lowest BCUT2D eigenvalue weighted by Gasteiger charge is -2.23. The van der Waals surface area contributed by atoms with Crippen molar-refractivity contribution in [2.75, 3.05) is 5.32 Å². The average molecular weight is 447 g/mol. The summed E-state index contributed by atoms with van der Waals surface area (Å²) in [6.45, 7) is 12.3. The van der Waals surface area contributed by atoms with Crippen LogP contribution in [0, 0.1) is 0 Å². The largest absolute Gasteiger partial charge is 0.307 e. The summed E-state index contributed by atoms with van der Waals surface area (Å²) in [5.74, 6) is 0.212. The van der Waals surface area contributed by atoms with E-state index in [1.807, 2.05) is 26.8 Å². The van der Waals surface area contributed by atoms with E-state index >= 15 is 0 Å². The molecule has 2 aromatic rings. The smallest absolute Gasteiger partial charge is 0.256 e. The Morgan fingerprint density at radius 3 is 2.29 bits per heavy atom. The van der Waals surface area contributed by atoms with Gasteiger partial charge in [0.15, 0.2) is 0 Å². The fraction of sp³-hybridized carbons (Fsp3) is 0.565. The Hall–Kier alpha value is -2.19. The Bertz CT molecular complexity index is 1050. The van der Waals surface area contributed by atoms with Crippen LogP contribution in [0.25, 0.3) is 0 Å². The maximum Gasteiger partial charge on any atom is 0.256 e. The second-order valence-corrected chi connectivity index (χ2v) is 12.0. The van der Waals surface area contributed by atoms with Gasteiger partial charge in [-0.1, -0.05) is 39.7 Å². The van der Waals surface area contributed by atoms with Gasteiger partial charge >= 0.3 is 0 Å². The van der Waals surface area contributed by atoms with Crippen LogP contribution in [-0.2, 0) is 21.0 Å². The average Bonchev–Trinajstić information content (AvgIpc) is 3.30. The number of carbonyl (C=O) groups is 1. The van der Waals surface area contributed by atoms with Crippen molar-refractivity contribution in [2.24, 2.45) is 0 Å². The summed E-state index contributed by atoms with van der Waals surface area (Å²) >= 11 is 0. The van der Waals surface area contributed by atoms with Gasteiger partial charge in [0, 0.05) is 23.1 Å². The zero-order chi connectivity index (χ0) is 23.0. The van der Waals surface area contributed by atoms with Crippen molar-refractivity contribution < 1.29 is 13.2 Å². The van der Waals surface area contributed by atoms with Crippen LogP contribution in [0.2, 0.25) is 0 Å². The van der Waals surface area contributed by atoms with Gasteiger partial charge in [0.25, 0.3) is 5.91 Å². The Kier molecular flexibility index (Phi) is 6.35. The predicted octanol–water partition coefficient (Wildman–Crippen LogP) is 4.41. The summed E-state index contributed by atoms with van der Waals surface area (Å²) < 4.78 is 30.1. The van der Waals surface area contributed by atoms with Crippen molar-refractivity contribution in [2.45, 2.75) is 89.1 Å². The van der Waals surface area contributed by atoms with Crippen LogP contribution in [-0.4, -0.2) is 30.1 Å². The highest BCUT2D eigenvalue weighted by atomic mass is 32.2. The van der Waals surface area contributed by atoms with E-state index in [0.29, 0.717) is 5.82 Å². The summed E-state index contributed by atoms with van der Waals surface area (Å²) in [5.41, 5.74) is 0.654. The molecule has 3 rings (SSSR count). The zero-order valence-electron chi connectivity index (χ0n) is 19.3. The summed E-state index contributed by atoms with van der Waals surface area (Å²) in [4.78, 5) is 13.1. The standard InChI is InChI=1S/C23H34N4O3S/c1-22(2,3)19-15-20(27(25-19)23(4,5)6)24-21(28)16-10-9-13-18(14-16)31(29,30)26-17-11-7-8-12-17/h9-10,13-15,17,26H,7-8,11-12H2,1-6H3,(H,24,28). The van der Waals surface area contributed by atoms with Crippen molar-refractivity contribution in [1.29, 1.82) is 0 Å². The number of sulfonamides is 1. The maximum atomic E-state index is 13.0. The number of rotatable bonds is 5. The molecule has 1 aromatic heterocycles. The second-order valence-electron chi connectivity index (χ2n) is 10.3. The molecule has 7 nitrogen and oxygen atoms in total. The number of benzene rings is 1. The number of nitrogens with one attached hydrogen (secondary N) is 2. The van der Waals surface area contributed by atoms with Gasteiger partial charge < -0.3 is 5.32 Å². The number of hydrogen-bond donors (Lipinski definition) is 2. The van der Waals surface area contributed by atoms with E-state index in [1.54, 1.807) is 16.8 Å². The van der Waals surface area contributed by atoms with E-state index in [0.717, 1.165) is 31.4 Å². The lowest BCUT2D eigenvalue weighted by atomic mass is 9.92. The maximum absolute atomic E-state index is 13.0. The monoisotopic (exact) mass is 446 g/mol. The number of anilines is 1. The van der Waals surface area contributed by atoms with Gasteiger partial charge in [0.05, 0.1) is 16.1 Å². The predicted molar refractivity (Wildman–Crippen MR) is 123 cm³/mol. The molecule has 0 unspecified atom stereocenters. The van der Waals surface area contributed by atoms with Crippen LogP contribution in [0.15, 0.2) is 35.2 Å². The van der Waals surface area contributed by atoms with Crippen LogP contribution in [0.1, 0.15) is 83.3 Å². The summed E-state index contributed by atoms with van der Waals surface area (Å²) in [6, 6.07) is 8.01. The molecule has 1 amide bonds. The third-order valence-corrected chi connectivity index (χ3v) is 6.96. The number of carbonyl (C=O) groups excluding carboxylic acids is 1. The van der Waals surface area contributed by atoms with Gasteiger partial charge in [-0.05, 0) is 51.8 Å². The van der Waals surface area contributed by atoms with Gasteiger partial charge in [-0.2, -0.15) is 5.10 Å². The fourth-order valence-electron chi connectivity index (χ4n) is 3.67. The van der Waals surface area contributed by atoms with Crippen molar-refractivity contribution in [3.63, 3.8) is 0 Å².